The number of likely N-dealkylation sites (tertiary alicyclic amines) is 1. The van der Waals surface area contributed by atoms with Crippen molar-refractivity contribution in [1.29, 1.82) is 0 Å². The van der Waals surface area contributed by atoms with Crippen LogP contribution in [0.5, 0.6) is 0 Å². The summed E-state index contributed by atoms with van der Waals surface area (Å²) in [5, 5.41) is 0. The average molecular weight is 141 g/mol. The summed E-state index contributed by atoms with van der Waals surface area (Å²) in [5.74, 6) is 1.38. The third-order valence-corrected chi connectivity index (χ3v) is 2.05. The van der Waals surface area contributed by atoms with E-state index < -0.39 is 0 Å². The highest BCUT2D eigenvalue weighted by atomic mass is 16.1. The van der Waals surface area contributed by atoms with E-state index in [0.717, 1.165) is 19.5 Å². The summed E-state index contributed by atoms with van der Waals surface area (Å²) in [6.45, 7) is 6.31. The van der Waals surface area contributed by atoms with Crippen LogP contribution in [-0.2, 0) is 4.79 Å². The molecular weight excluding hydrogens is 126 g/mol. The molecule has 1 fully saturated rings. The summed E-state index contributed by atoms with van der Waals surface area (Å²) in [5.41, 5.74) is 0. The van der Waals surface area contributed by atoms with Crippen LogP contribution in [-0.4, -0.2) is 24.4 Å². The molecule has 0 radical (unpaired) electrons. The molecule has 0 bridgehead atoms. The van der Waals surface area contributed by atoms with E-state index in [4.69, 9.17) is 0 Å². The van der Waals surface area contributed by atoms with Gasteiger partial charge in [0, 0.05) is 13.1 Å². The van der Waals surface area contributed by atoms with E-state index in [-0.39, 0.29) is 0 Å². The Labute approximate surface area is 62.2 Å². The van der Waals surface area contributed by atoms with Crippen LogP contribution in [0.2, 0.25) is 0 Å². The first kappa shape index (κ1) is 7.58. The van der Waals surface area contributed by atoms with E-state index in [2.05, 4.69) is 13.8 Å². The van der Waals surface area contributed by atoms with Crippen LogP contribution in [0.3, 0.4) is 0 Å². The Morgan fingerprint density at radius 3 is 2.20 bits per heavy atom. The van der Waals surface area contributed by atoms with Crippen molar-refractivity contribution < 1.29 is 4.79 Å². The second kappa shape index (κ2) is 3.04. The van der Waals surface area contributed by atoms with E-state index >= 15 is 0 Å². The van der Waals surface area contributed by atoms with Gasteiger partial charge in [0.25, 0.3) is 0 Å². The van der Waals surface area contributed by atoms with Crippen LogP contribution in [0.4, 0.5) is 0 Å². The Kier molecular flexibility index (Phi) is 2.30. The number of hydrogen-bond donors (Lipinski definition) is 0. The maximum atomic E-state index is 10.4. The lowest BCUT2D eigenvalue weighted by molar-refractivity contribution is -0.120. The van der Waals surface area contributed by atoms with Crippen molar-refractivity contribution in [2.75, 3.05) is 13.1 Å². The largest absolute Gasteiger partial charge is 0.345 e. The van der Waals surface area contributed by atoms with Gasteiger partial charge in [-0.15, -0.1) is 0 Å². The normalized spacial score (nSPS) is 34.0. The topological polar surface area (TPSA) is 20.3 Å². The van der Waals surface area contributed by atoms with Gasteiger partial charge in [-0.2, -0.15) is 0 Å². The minimum Gasteiger partial charge on any atom is -0.345 e. The van der Waals surface area contributed by atoms with Gasteiger partial charge in [0.05, 0.1) is 0 Å². The maximum Gasteiger partial charge on any atom is 0.209 e. The van der Waals surface area contributed by atoms with Crippen LogP contribution in [0.25, 0.3) is 0 Å². The number of carbonyl (C=O) groups excluding carboxylic acids is 1. The fourth-order valence-corrected chi connectivity index (χ4v) is 1.80. The van der Waals surface area contributed by atoms with Crippen molar-refractivity contribution in [1.82, 2.24) is 4.90 Å². The van der Waals surface area contributed by atoms with Gasteiger partial charge in [0.15, 0.2) is 0 Å². The monoisotopic (exact) mass is 141 g/mol. The van der Waals surface area contributed by atoms with Crippen LogP contribution >= 0.6 is 0 Å². The zero-order valence-electron chi connectivity index (χ0n) is 6.71. The molecule has 1 rings (SSSR count). The molecule has 58 valence electrons. The first-order valence-corrected chi connectivity index (χ1v) is 3.91. The molecule has 1 aliphatic rings. The van der Waals surface area contributed by atoms with E-state index in [1.54, 1.807) is 0 Å². The Morgan fingerprint density at radius 1 is 1.30 bits per heavy atom. The molecule has 1 heterocycles. The fourth-order valence-electron chi connectivity index (χ4n) is 1.80. The van der Waals surface area contributed by atoms with E-state index in [1.165, 1.54) is 6.42 Å². The number of hydrogen-bond acceptors (Lipinski definition) is 1. The lowest BCUT2D eigenvalue weighted by Gasteiger charge is -2.32. The van der Waals surface area contributed by atoms with Crippen molar-refractivity contribution in [3.63, 3.8) is 0 Å². The van der Waals surface area contributed by atoms with Crippen LogP contribution in [0, 0.1) is 11.8 Å². The molecular formula is C8H15NO. The standard InChI is InChI=1S/C8H15NO/c1-7-3-8(2)5-9(4-7)6-10/h6-8H,3-5H2,1-2H3. The molecule has 2 unspecified atom stereocenters. The van der Waals surface area contributed by atoms with Crippen molar-refractivity contribution in [2.24, 2.45) is 11.8 Å². The first-order valence-electron chi connectivity index (χ1n) is 3.91. The molecule has 10 heavy (non-hydrogen) atoms. The van der Waals surface area contributed by atoms with E-state index in [1.807, 2.05) is 4.90 Å². The smallest absolute Gasteiger partial charge is 0.209 e. The van der Waals surface area contributed by atoms with Gasteiger partial charge in [-0.25, -0.2) is 0 Å². The summed E-state index contributed by atoms with van der Waals surface area (Å²) in [6, 6.07) is 0. The molecule has 0 aromatic heterocycles. The molecule has 1 amide bonds. The lowest BCUT2D eigenvalue weighted by atomic mass is 9.92. The second-order valence-electron chi connectivity index (χ2n) is 3.51. The predicted octanol–water partition coefficient (Wildman–Crippen LogP) is 1.12. The Balaban J connectivity index is 2.42. The van der Waals surface area contributed by atoms with E-state index in [9.17, 15) is 4.79 Å². The Bertz CT molecular complexity index is 114. The number of carbonyl (C=O) groups is 1. The first-order chi connectivity index (χ1) is 4.72. The van der Waals surface area contributed by atoms with E-state index in [0.29, 0.717) is 11.8 Å². The van der Waals surface area contributed by atoms with Gasteiger partial charge in [0.2, 0.25) is 6.41 Å². The molecule has 2 nitrogen and oxygen atoms in total. The molecule has 0 aliphatic carbocycles. The van der Waals surface area contributed by atoms with Crippen LogP contribution < -0.4 is 0 Å². The summed E-state index contributed by atoms with van der Waals surface area (Å²) in [6.07, 6.45) is 2.23. The van der Waals surface area contributed by atoms with Gasteiger partial charge in [0.1, 0.15) is 0 Å². The average Bonchev–Trinajstić information content (AvgIpc) is 1.85. The van der Waals surface area contributed by atoms with Gasteiger partial charge in [-0.3, -0.25) is 4.79 Å². The minimum atomic E-state index is 0.689. The maximum absolute atomic E-state index is 10.4. The third-order valence-electron chi connectivity index (χ3n) is 2.05. The highest BCUT2D eigenvalue weighted by Gasteiger charge is 2.19. The quantitative estimate of drug-likeness (QED) is 0.501. The van der Waals surface area contributed by atoms with Crippen LogP contribution in [0.1, 0.15) is 20.3 Å². The SMILES string of the molecule is CC1CC(C)CN(C=O)C1. The molecule has 0 aromatic carbocycles. The molecule has 0 spiro atoms. The summed E-state index contributed by atoms with van der Waals surface area (Å²) >= 11 is 0. The van der Waals surface area contributed by atoms with Gasteiger partial charge < -0.3 is 4.90 Å². The number of amides is 1. The molecule has 0 aromatic rings. The minimum absolute atomic E-state index is 0.689. The lowest BCUT2D eigenvalue weighted by Crippen LogP contribution is -2.37. The Morgan fingerprint density at radius 2 is 1.80 bits per heavy atom. The van der Waals surface area contributed by atoms with Crippen LogP contribution in [0.15, 0.2) is 0 Å². The van der Waals surface area contributed by atoms with Gasteiger partial charge >= 0.3 is 0 Å². The molecule has 0 saturated carbocycles. The fraction of sp³-hybridized carbons (Fsp3) is 0.875. The predicted molar refractivity (Wildman–Crippen MR) is 40.6 cm³/mol. The molecule has 0 N–H and O–H groups in total. The third kappa shape index (κ3) is 1.72. The summed E-state index contributed by atoms with van der Waals surface area (Å²) < 4.78 is 0. The molecule has 1 saturated heterocycles. The van der Waals surface area contributed by atoms with Crippen molar-refractivity contribution in [3.8, 4) is 0 Å². The van der Waals surface area contributed by atoms with Crippen molar-refractivity contribution in [3.05, 3.63) is 0 Å². The summed E-state index contributed by atoms with van der Waals surface area (Å²) in [7, 11) is 0. The molecule has 2 heteroatoms. The molecule has 1 aliphatic heterocycles. The molecule has 2 atom stereocenters. The Hall–Kier alpha value is -0.530. The number of nitrogens with zero attached hydrogens (tertiary/aromatic N) is 1. The van der Waals surface area contributed by atoms with Crippen molar-refractivity contribution >= 4 is 6.41 Å². The zero-order chi connectivity index (χ0) is 7.56. The number of rotatable bonds is 1. The number of piperidine rings is 1. The second-order valence-corrected chi connectivity index (χ2v) is 3.51. The van der Waals surface area contributed by atoms with Gasteiger partial charge in [-0.1, -0.05) is 13.8 Å². The highest BCUT2D eigenvalue weighted by Crippen LogP contribution is 2.19. The van der Waals surface area contributed by atoms with Crippen molar-refractivity contribution in [2.45, 2.75) is 20.3 Å². The summed E-state index contributed by atoms with van der Waals surface area (Å²) in [4.78, 5) is 12.3. The highest BCUT2D eigenvalue weighted by molar-refractivity contribution is 5.47. The zero-order valence-corrected chi connectivity index (χ0v) is 6.71. The van der Waals surface area contributed by atoms with Gasteiger partial charge in [-0.05, 0) is 18.3 Å².